The molecule has 1 rings (SSSR count). The minimum atomic E-state index is -1.20. The molecule has 0 aliphatic carbocycles. The highest BCUT2D eigenvalue weighted by Gasteiger charge is 2.20. The van der Waals surface area contributed by atoms with Crippen LogP contribution in [0.1, 0.15) is 19.8 Å². The molecular weight excluding hydrogens is 218 g/mol. The van der Waals surface area contributed by atoms with E-state index in [1.807, 2.05) is 6.92 Å². The van der Waals surface area contributed by atoms with Crippen LogP contribution in [0.5, 0.6) is 0 Å². The van der Waals surface area contributed by atoms with Crippen LogP contribution in [0.4, 0.5) is 20.2 Å². The number of nitrogens with one attached hydrogen (secondary N) is 1. The third kappa shape index (κ3) is 2.65. The molecule has 88 valence electrons. The van der Waals surface area contributed by atoms with Crippen LogP contribution in [0.2, 0.25) is 0 Å². The molecule has 0 heterocycles. The minimum Gasteiger partial charge on any atom is -0.377 e. The Morgan fingerprint density at radius 1 is 1.44 bits per heavy atom. The van der Waals surface area contributed by atoms with Gasteiger partial charge in [0, 0.05) is 12.6 Å². The van der Waals surface area contributed by atoms with Gasteiger partial charge >= 0.3 is 0 Å². The molecule has 0 saturated heterocycles. The first kappa shape index (κ1) is 12.4. The van der Waals surface area contributed by atoms with Gasteiger partial charge in [-0.25, -0.2) is 8.78 Å². The number of nitrogens with zero attached hydrogens (tertiary/aromatic N) is 1. The van der Waals surface area contributed by atoms with Crippen LogP contribution >= 0.6 is 0 Å². The van der Waals surface area contributed by atoms with Gasteiger partial charge in [0.25, 0.3) is 5.69 Å². The Morgan fingerprint density at radius 2 is 2.12 bits per heavy atom. The molecule has 1 N–H and O–H groups in total. The zero-order chi connectivity index (χ0) is 12.1. The van der Waals surface area contributed by atoms with E-state index >= 15 is 0 Å². The van der Waals surface area contributed by atoms with Crippen LogP contribution in [-0.2, 0) is 0 Å². The summed E-state index contributed by atoms with van der Waals surface area (Å²) < 4.78 is 26.2. The summed E-state index contributed by atoms with van der Waals surface area (Å²) in [7, 11) is 0. The van der Waals surface area contributed by atoms with Gasteiger partial charge in [-0.15, -0.1) is 0 Å². The number of benzene rings is 1. The molecule has 0 aliphatic heterocycles. The SMILES string of the molecule is CCCCNc1c([N+](=O)[O-])ccc(F)c1F. The van der Waals surface area contributed by atoms with Crippen LogP contribution in [-0.4, -0.2) is 11.5 Å². The predicted molar refractivity (Wildman–Crippen MR) is 56.4 cm³/mol. The third-order valence-electron chi connectivity index (χ3n) is 2.10. The summed E-state index contributed by atoms with van der Waals surface area (Å²) in [6.45, 7) is 2.30. The molecule has 0 amide bonds. The smallest absolute Gasteiger partial charge is 0.295 e. The van der Waals surface area contributed by atoms with Crippen molar-refractivity contribution in [2.75, 3.05) is 11.9 Å². The van der Waals surface area contributed by atoms with Gasteiger partial charge in [0.1, 0.15) is 0 Å². The zero-order valence-electron chi connectivity index (χ0n) is 8.80. The molecule has 0 saturated carbocycles. The quantitative estimate of drug-likeness (QED) is 0.480. The van der Waals surface area contributed by atoms with Crippen molar-refractivity contribution in [3.05, 3.63) is 33.9 Å². The lowest BCUT2D eigenvalue weighted by atomic mass is 10.2. The number of anilines is 1. The first-order valence-electron chi connectivity index (χ1n) is 4.94. The Balaban J connectivity index is 3.01. The predicted octanol–water partition coefficient (Wildman–Crippen LogP) is 3.09. The summed E-state index contributed by atoms with van der Waals surface area (Å²) in [5, 5.41) is 13.1. The van der Waals surface area contributed by atoms with Gasteiger partial charge in [0.2, 0.25) is 0 Å². The van der Waals surface area contributed by atoms with E-state index in [0.717, 1.165) is 25.0 Å². The minimum absolute atomic E-state index is 0.373. The van der Waals surface area contributed by atoms with E-state index in [0.29, 0.717) is 6.54 Å². The summed E-state index contributed by atoms with van der Waals surface area (Å²) in [5.74, 6) is -2.30. The summed E-state index contributed by atoms with van der Waals surface area (Å²) in [5.41, 5.74) is -0.826. The Bertz CT molecular complexity index is 397. The van der Waals surface area contributed by atoms with Crippen molar-refractivity contribution >= 4 is 11.4 Å². The molecule has 0 radical (unpaired) electrons. The maximum absolute atomic E-state index is 13.3. The monoisotopic (exact) mass is 230 g/mol. The zero-order valence-corrected chi connectivity index (χ0v) is 8.80. The van der Waals surface area contributed by atoms with Crippen LogP contribution in [0.3, 0.4) is 0 Å². The van der Waals surface area contributed by atoms with Crippen molar-refractivity contribution < 1.29 is 13.7 Å². The first-order chi connectivity index (χ1) is 7.57. The van der Waals surface area contributed by atoms with Crippen molar-refractivity contribution in [1.29, 1.82) is 0 Å². The Hall–Kier alpha value is -1.72. The number of nitro benzene ring substituents is 1. The van der Waals surface area contributed by atoms with E-state index in [9.17, 15) is 18.9 Å². The van der Waals surface area contributed by atoms with Crippen molar-refractivity contribution in [2.24, 2.45) is 0 Å². The van der Waals surface area contributed by atoms with E-state index in [1.54, 1.807) is 0 Å². The fraction of sp³-hybridized carbons (Fsp3) is 0.400. The van der Waals surface area contributed by atoms with Gasteiger partial charge in [-0.05, 0) is 12.5 Å². The van der Waals surface area contributed by atoms with E-state index in [4.69, 9.17) is 0 Å². The van der Waals surface area contributed by atoms with Gasteiger partial charge < -0.3 is 5.32 Å². The molecule has 0 unspecified atom stereocenters. The van der Waals surface area contributed by atoms with Crippen LogP contribution in [0.15, 0.2) is 12.1 Å². The fourth-order valence-corrected chi connectivity index (χ4v) is 1.25. The van der Waals surface area contributed by atoms with Gasteiger partial charge in [-0.2, -0.15) is 0 Å². The lowest BCUT2D eigenvalue weighted by Crippen LogP contribution is -2.07. The molecule has 4 nitrogen and oxygen atoms in total. The molecule has 16 heavy (non-hydrogen) atoms. The standard InChI is InChI=1S/C10H12F2N2O2/c1-2-3-6-13-10-8(14(15)16)5-4-7(11)9(10)12/h4-5,13H,2-3,6H2,1H3. The summed E-state index contributed by atoms with van der Waals surface area (Å²) in [6.07, 6.45) is 1.59. The molecule has 0 bridgehead atoms. The molecule has 1 aromatic rings. The first-order valence-corrected chi connectivity index (χ1v) is 4.94. The lowest BCUT2D eigenvalue weighted by Gasteiger charge is -2.07. The van der Waals surface area contributed by atoms with Crippen LogP contribution in [0.25, 0.3) is 0 Å². The highest BCUT2D eigenvalue weighted by molar-refractivity contribution is 5.62. The second kappa shape index (κ2) is 5.39. The lowest BCUT2D eigenvalue weighted by molar-refractivity contribution is -0.384. The van der Waals surface area contributed by atoms with Crippen LogP contribution < -0.4 is 5.32 Å². The number of rotatable bonds is 5. The van der Waals surface area contributed by atoms with Crippen LogP contribution in [0, 0.1) is 21.7 Å². The summed E-state index contributed by atoms with van der Waals surface area (Å²) >= 11 is 0. The Labute approximate surface area is 91.4 Å². The normalized spacial score (nSPS) is 10.2. The molecule has 0 atom stereocenters. The van der Waals surface area contributed by atoms with Gasteiger partial charge in [-0.3, -0.25) is 10.1 Å². The van der Waals surface area contributed by atoms with E-state index in [2.05, 4.69) is 5.32 Å². The molecular formula is C10H12F2N2O2. The van der Waals surface area contributed by atoms with Crippen molar-refractivity contribution in [3.8, 4) is 0 Å². The van der Waals surface area contributed by atoms with E-state index < -0.39 is 22.2 Å². The molecule has 6 heteroatoms. The molecule has 1 aromatic carbocycles. The number of hydrogen-bond donors (Lipinski definition) is 1. The number of halogens is 2. The molecule has 0 aliphatic rings. The number of hydrogen-bond acceptors (Lipinski definition) is 3. The maximum atomic E-state index is 13.3. The topological polar surface area (TPSA) is 55.2 Å². The summed E-state index contributed by atoms with van der Waals surface area (Å²) in [4.78, 5) is 9.86. The molecule has 0 aromatic heterocycles. The van der Waals surface area contributed by atoms with Crippen molar-refractivity contribution in [1.82, 2.24) is 0 Å². The largest absolute Gasteiger partial charge is 0.377 e. The average Bonchev–Trinajstić information content (AvgIpc) is 2.24. The maximum Gasteiger partial charge on any atom is 0.295 e. The average molecular weight is 230 g/mol. The van der Waals surface area contributed by atoms with Gasteiger partial charge in [0.05, 0.1) is 4.92 Å². The Kier molecular flexibility index (Phi) is 4.16. The van der Waals surface area contributed by atoms with Gasteiger partial charge in [-0.1, -0.05) is 13.3 Å². The highest BCUT2D eigenvalue weighted by atomic mass is 19.2. The van der Waals surface area contributed by atoms with E-state index in [1.165, 1.54) is 0 Å². The van der Waals surface area contributed by atoms with Crippen molar-refractivity contribution in [3.63, 3.8) is 0 Å². The second-order valence-corrected chi connectivity index (χ2v) is 3.29. The fourth-order valence-electron chi connectivity index (χ4n) is 1.25. The third-order valence-corrected chi connectivity index (χ3v) is 2.10. The highest BCUT2D eigenvalue weighted by Crippen LogP contribution is 2.28. The molecule has 0 spiro atoms. The van der Waals surface area contributed by atoms with E-state index in [-0.39, 0.29) is 5.69 Å². The van der Waals surface area contributed by atoms with Gasteiger partial charge in [0.15, 0.2) is 17.3 Å². The number of nitro groups is 1. The summed E-state index contributed by atoms with van der Waals surface area (Å²) in [6, 6.07) is 1.70. The molecule has 0 fully saturated rings. The Morgan fingerprint density at radius 3 is 2.69 bits per heavy atom. The number of unbranched alkanes of at least 4 members (excludes halogenated alkanes) is 1. The second-order valence-electron chi connectivity index (χ2n) is 3.29. The van der Waals surface area contributed by atoms with Crippen molar-refractivity contribution in [2.45, 2.75) is 19.8 Å².